The van der Waals surface area contributed by atoms with Crippen molar-refractivity contribution in [3.63, 3.8) is 0 Å². The predicted molar refractivity (Wildman–Crippen MR) is 64.2 cm³/mol. The standard InChI is InChI=1S/C14H21N/c1-10(2)8-12-9-11(3)15-14-7-5-4-6-13(12)14/h9-10H,4-8H2,1-3H3. The highest BCUT2D eigenvalue weighted by Gasteiger charge is 2.15. The van der Waals surface area contributed by atoms with Crippen LogP contribution in [-0.4, -0.2) is 4.98 Å². The molecule has 1 aliphatic carbocycles. The van der Waals surface area contributed by atoms with E-state index in [-0.39, 0.29) is 0 Å². The Morgan fingerprint density at radius 1 is 1.27 bits per heavy atom. The molecule has 82 valence electrons. The summed E-state index contributed by atoms with van der Waals surface area (Å²) in [4.78, 5) is 4.68. The van der Waals surface area contributed by atoms with Crippen LogP contribution in [0.4, 0.5) is 0 Å². The van der Waals surface area contributed by atoms with Crippen LogP contribution in [0.5, 0.6) is 0 Å². The number of rotatable bonds is 2. The Morgan fingerprint density at radius 2 is 2.00 bits per heavy atom. The van der Waals surface area contributed by atoms with Crippen LogP contribution in [0.25, 0.3) is 0 Å². The lowest BCUT2D eigenvalue weighted by Crippen LogP contribution is -2.11. The molecule has 1 aromatic rings. The maximum Gasteiger partial charge on any atom is 0.0441 e. The summed E-state index contributed by atoms with van der Waals surface area (Å²) in [6, 6.07) is 2.30. The second kappa shape index (κ2) is 4.34. The van der Waals surface area contributed by atoms with E-state index < -0.39 is 0 Å². The van der Waals surface area contributed by atoms with Gasteiger partial charge in [-0.1, -0.05) is 13.8 Å². The normalized spacial score (nSPS) is 15.5. The maximum absolute atomic E-state index is 4.68. The molecule has 15 heavy (non-hydrogen) atoms. The molecule has 1 heterocycles. The third-order valence-electron chi connectivity index (χ3n) is 3.15. The van der Waals surface area contributed by atoms with Crippen molar-refractivity contribution in [3.8, 4) is 0 Å². The molecule has 1 aromatic heterocycles. The minimum absolute atomic E-state index is 0.748. The van der Waals surface area contributed by atoms with E-state index in [0.29, 0.717) is 0 Å². The maximum atomic E-state index is 4.68. The smallest absolute Gasteiger partial charge is 0.0441 e. The molecule has 0 amide bonds. The summed E-state index contributed by atoms with van der Waals surface area (Å²) in [6.07, 6.45) is 6.34. The second-order valence-electron chi connectivity index (χ2n) is 5.15. The van der Waals surface area contributed by atoms with Gasteiger partial charge in [0.2, 0.25) is 0 Å². The fourth-order valence-corrected chi connectivity index (χ4v) is 2.57. The molecule has 0 aromatic carbocycles. The average Bonchev–Trinajstić information content (AvgIpc) is 2.16. The number of fused-ring (bicyclic) bond motifs is 1. The van der Waals surface area contributed by atoms with Crippen LogP contribution in [0.2, 0.25) is 0 Å². The molecule has 0 N–H and O–H groups in total. The van der Waals surface area contributed by atoms with Crippen molar-refractivity contribution in [2.45, 2.75) is 52.9 Å². The van der Waals surface area contributed by atoms with Gasteiger partial charge in [-0.3, -0.25) is 4.98 Å². The first-order valence-corrected chi connectivity index (χ1v) is 6.15. The molecule has 1 heteroatoms. The Labute approximate surface area is 92.9 Å². The summed E-state index contributed by atoms with van der Waals surface area (Å²) in [5.74, 6) is 0.748. The first-order chi connectivity index (χ1) is 7.16. The SMILES string of the molecule is Cc1cc(CC(C)C)c2c(n1)CCCC2. The van der Waals surface area contributed by atoms with Gasteiger partial charge in [0.15, 0.2) is 0 Å². The number of aromatic nitrogens is 1. The third kappa shape index (κ3) is 2.39. The van der Waals surface area contributed by atoms with Crippen LogP contribution in [-0.2, 0) is 19.3 Å². The van der Waals surface area contributed by atoms with Crippen LogP contribution < -0.4 is 0 Å². The average molecular weight is 203 g/mol. The Hall–Kier alpha value is -0.850. The van der Waals surface area contributed by atoms with E-state index in [9.17, 15) is 0 Å². The fraction of sp³-hybridized carbons (Fsp3) is 0.643. The number of nitrogens with zero attached hydrogens (tertiary/aromatic N) is 1. The van der Waals surface area contributed by atoms with E-state index in [2.05, 4.69) is 31.8 Å². The zero-order valence-electron chi connectivity index (χ0n) is 10.1. The molecule has 0 unspecified atom stereocenters. The van der Waals surface area contributed by atoms with Gasteiger partial charge in [-0.2, -0.15) is 0 Å². The molecule has 1 nitrogen and oxygen atoms in total. The molecule has 2 rings (SSSR count). The molecular formula is C14H21N. The lowest BCUT2D eigenvalue weighted by molar-refractivity contribution is 0.616. The second-order valence-corrected chi connectivity index (χ2v) is 5.15. The highest BCUT2D eigenvalue weighted by atomic mass is 14.7. The molecular weight excluding hydrogens is 182 g/mol. The third-order valence-corrected chi connectivity index (χ3v) is 3.15. The molecule has 0 saturated carbocycles. The molecule has 0 bridgehead atoms. The van der Waals surface area contributed by atoms with Gasteiger partial charge in [0, 0.05) is 11.4 Å². The van der Waals surface area contributed by atoms with Crippen molar-refractivity contribution in [1.29, 1.82) is 0 Å². The lowest BCUT2D eigenvalue weighted by Gasteiger charge is -2.20. The van der Waals surface area contributed by atoms with Crippen LogP contribution in [0.15, 0.2) is 6.07 Å². The Kier molecular flexibility index (Phi) is 3.08. The summed E-state index contributed by atoms with van der Waals surface area (Å²) in [5.41, 5.74) is 5.72. The van der Waals surface area contributed by atoms with Crippen LogP contribution in [0.1, 0.15) is 49.2 Å². The zero-order chi connectivity index (χ0) is 10.8. The molecule has 0 fully saturated rings. The fourth-order valence-electron chi connectivity index (χ4n) is 2.57. The summed E-state index contributed by atoms with van der Waals surface area (Å²) < 4.78 is 0. The molecule has 0 radical (unpaired) electrons. The number of hydrogen-bond acceptors (Lipinski definition) is 1. The van der Waals surface area contributed by atoms with Gasteiger partial charge in [-0.25, -0.2) is 0 Å². The van der Waals surface area contributed by atoms with Crippen molar-refractivity contribution in [2.75, 3.05) is 0 Å². The van der Waals surface area contributed by atoms with Crippen LogP contribution >= 0.6 is 0 Å². The summed E-state index contributed by atoms with van der Waals surface area (Å²) >= 11 is 0. The largest absolute Gasteiger partial charge is 0.258 e. The summed E-state index contributed by atoms with van der Waals surface area (Å²) in [6.45, 7) is 6.72. The van der Waals surface area contributed by atoms with E-state index in [0.717, 1.165) is 5.92 Å². The van der Waals surface area contributed by atoms with Crippen molar-refractivity contribution < 1.29 is 0 Å². The Morgan fingerprint density at radius 3 is 2.73 bits per heavy atom. The number of hydrogen-bond donors (Lipinski definition) is 0. The molecule has 0 aliphatic heterocycles. The summed E-state index contributed by atoms with van der Waals surface area (Å²) in [7, 11) is 0. The minimum Gasteiger partial charge on any atom is -0.258 e. The zero-order valence-corrected chi connectivity index (χ0v) is 10.1. The van der Waals surface area contributed by atoms with Crippen molar-refractivity contribution in [3.05, 3.63) is 28.6 Å². The molecule has 0 saturated heterocycles. The van der Waals surface area contributed by atoms with Crippen LogP contribution in [0, 0.1) is 12.8 Å². The van der Waals surface area contributed by atoms with Crippen molar-refractivity contribution in [2.24, 2.45) is 5.92 Å². The van der Waals surface area contributed by atoms with Gasteiger partial charge in [0.1, 0.15) is 0 Å². The van der Waals surface area contributed by atoms with Gasteiger partial charge in [0.05, 0.1) is 0 Å². The lowest BCUT2D eigenvalue weighted by atomic mass is 9.88. The van der Waals surface area contributed by atoms with Gasteiger partial charge in [0.25, 0.3) is 0 Å². The molecule has 0 spiro atoms. The minimum atomic E-state index is 0.748. The van der Waals surface area contributed by atoms with Gasteiger partial charge in [-0.15, -0.1) is 0 Å². The Bertz CT molecular complexity index is 353. The molecule has 1 aliphatic rings. The highest BCUT2D eigenvalue weighted by molar-refractivity contribution is 5.34. The van der Waals surface area contributed by atoms with Crippen molar-refractivity contribution >= 4 is 0 Å². The van der Waals surface area contributed by atoms with Gasteiger partial charge >= 0.3 is 0 Å². The van der Waals surface area contributed by atoms with E-state index in [1.807, 2.05) is 0 Å². The molecule has 0 atom stereocenters. The van der Waals surface area contributed by atoms with Gasteiger partial charge in [-0.05, 0) is 62.1 Å². The first kappa shape index (κ1) is 10.7. The topological polar surface area (TPSA) is 12.9 Å². The van der Waals surface area contributed by atoms with E-state index in [1.165, 1.54) is 43.5 Å². The van der Waals surface area contributed by atoms with Crippen LogP contribution in [0.3, 0.4) is 0 Å². The quantitative estimate of drug-likeness (QED) is 0.717. The Balaban J connectivity index is 2.38. The predicted octanol–water partition coefficient (Wildman–Crippen LogP) is 3.47. The number of pyridine rings is 1. The number of aryl methyl sites for hydroxylation is 2. The van der Waals surface area contributed by atoms with E-state index in [4.69, 9.17) is 0 Å². The monoisotopic (exact) mass is 203 g/mol. The highest BCUT2D eigenvalue weighted by Crippen LogP contribution is 2.25. The van der Waals surface area contributed by atoms with E-state index >= 15 is 0 Å². The summed E-state index contributed by atoms with van der Waals surface area (Å²) in [5, 5.41) is 0. The van der Waals surface area contributed by atoms with Gasteiger partial charge < -0.3 is 0 Å². The first-order valence-electron chi connectivity index (χ1n) is 6.15. The van der Waals surface area contributed by atoms with E-state index in [1.54, 1.807) is 11.1 Å². The van der Waals surface area contributed by atoms with Crippen molar-refractivity contribution in [1.82, 2.24) is 4.98 Å².